The van der Waals surface area contributed by atoms with Crippen LogP contribution in [0.5, 0.6) is 0 Å². The maximum absolute atomic E-state index is 12.3. The number of hydrogen-bond donors (Lipinski definition) is 3. The van der Waals surface area contributed by atoms with E-state index < -0.39 is 17.9 Å². The van der Waals surface area contributed by atoms with Crippen molar-refractivity contribution in [3.05, 3.63) is 90.0 Å². The van der Waals surface area contributed by atoms with Crippen LogP contribution in [-0.4, -0.2) is 33.2 Å². The molecular formula is C29H30N4O4. The highest BCUT2D eigenvalue weighted by Crippen LogP contribution is 2.28. The lowest BCUT2D eigenvalue weighted by molar-refractivity contribution is -0.138. The second-order valence-electron chi connectivity index (χ2n) is 8.86. The van der Waals surface area contributed by atoms with Crippen molar-refractivity contribution in [3.8, 4) is 22.8 Å². The van der Waals surface area contributed by atoms with Gasteiger partial charge in [0.05, 0.1) is 6.04 Å². The maximum atomic E-state index is 12.3. The monoisotopic (exact) mass is 498 g/mol. The van der Waals surface area contributed by atoms with E-state index in [1.54, 1.807) is 12.1 Å². The zero-order valence-corrected chi connectivity index (χ0v) is 20.8. The average molecular weight is 499 g/mol. The van der Waals surface area contributed by atoms with Gasteiger partial charge in [-0.3, -0.25) is 9.59 Å². The highest BCUT2D eigenvalue weighted by Gasteiger charge is 2.17. The van der Waals surface area contributed by atoms with Gasteiger partial charge in [0.1, 0.15) is 6.04 Å². The van der Waals surface area contributed by atoms with Gasteiger partial charge >= 0.3 is 5.97 Å². The van der Waals surface area contributed by atoms with Crippen LogP contribution in [-0.2, 0) is 4.79 Å². The minimum absolute atomic E-state index is 0.0749. The number of carbonyl (C=O) groups excluding carboxylic acids is 1. The Bertz CT molecular complexity index is 1320. The lowest BCUT2D eigenvalue weighted by atomic mass is 9.99. The van der Waals surface area contributed by atoms with Crippen LogP contribution in [0, 0.1) is 0 Å². The Morgan fingerprint density at radius 2 is 1.65 bits per heavy atom. The number of benzene rings is 3. The summed E-state index contributed by atoms with van der Waals surface area (Å²) in [7, 11) is 0. The van der Waals surface area contributed by atoms with Gasteiger partial charge in [-0.05, 0) is 55.3 Å². The first-order valence-corrected chi connectivity index (χ1v) is 12.3. The fourth-order valence-electron chi connectivity index (χ4n) is 3.89. The minimum Gasteiger partial charge on any atom is -0.480 e. The SMILES string of the molecule is CCCCC(Nc1ccc(C(=O)N[C@H](C)C(=O)O)cc1)c1ccc(-c2noc(-c3ccccc3)n2)cc1. The summed E-state index contributed by atoms with van der Waals surface area (Å²) in [6, 6.07) is 23.9. The van der Waals surface area contributed by atoms with Crippen molar-refractivity contribution >= 4 is 17.6 Å². The molecule has 4 rings (SSSR count). The van der Waals surface area contributed by atoms with E-state index in [1.165, 1.54) is 6.92 Å². The van der Waals surface area contributed by atoms with E-state index >= 15 is 0 Å². The van der Waals surface area contributed by atoms with E-state index in [9.17, 15) is 9.59 Å². The van der Waals surface area contributed by atoms with E-state index in [-0.39, 0.29) is 6.04 Å². The molecule has 0 aliphatic heterocycles. The summed E-state index contributed by atoms with van der Waals surface area (Å²) in [6.45, 7) is 3.59. The third kappa shape index (κ3) is 6.61. The second-order valence-corrected chi connectivity index (χ2v) is 8.86. The van der Waals surface area contributed by atoms with Crippen molar-refractivity contribution in [2.75, 3.05) is 5.32 Å². The number of carboxylic acid groups (broad SMARTS) is 1. The molecule has 0 bridgehead atoms. The van der Waals surface area contributed by atoms with Gasteiger partial charge in [0, 0.05) is 22.4 Å². The van der Waals surface area contributed by atoms with Crippen LogP contribution in [0.25, 0.3) is 22.8 Å². The number of rotatable bonds is 11. The molecule has 3 aromatic carbocycles. The molecule has 0 saturated carbocycles. The molecule has 0 aliphatic rings. The second kappa shape index (κ2) is 12.0. The van der Waals surface area contributed by atoms with Gasteiger partial charge in [0.2, 0.25) is 5.82 Å². The molecule has 3 N–H and O–H groups in total. The number of nitrogens with one attached hydrogen (secondary N) is 2. The number of hydrogen-bond acceptors (Lipinski definition) is 6. The summed E-state index contributed by atoms with van der Waals surface area (Å²) in [5.41, 5.74) is 4.15. The summed E-state index contributed by atoms with van der Waals surface area (Å²) in [5, 5.41) is 19.2. The van der Waals surface area contributed by atoms with E-state index in [0.717, 1.165) is 41.6 Å². The summed E-state index contributed by atoms with van der Waals surface area (Å²) < 4.78 is 5.44. The molecule has 0 aliphatic carbocycles. The molecule has 2 atom stereocenters. The summed E-state index contributed by atoms with van der Waals surface area (Å²) in [4.78, 5) is 27.8. The van der Waals surface area contributed by atoms with Gasteiger partial charge in [-0.1, -0.05) is 67.4 Å². The molecule has 8 heteroatoms. The lowest BCUT2D eigenvalue weighted by Crippen LogP contribution is -2.38. The highest BCUT2D eigenvalue weighted by molar-refractivity contribution is 5.96. The Kier molecular flexibility index (Phi) is 8.30. The van der Waals surface area contributed by atoms with Gasteiger partial charge in [-0.15, -0.1) is 0 Å². The zero-order valence-electron chi connectivity index (χ0n) is 20.8. The zero-order chi connectivity index (χ0) is 26.2. The predicted octanol–water partition coefficient (Wildman–Crippen LogP) is 5.95. The molecule has 4 aromatic rings. The molecule has 0 saturated heterocycles. The molecule has 1 unspecified atom stereocenters. The average Bonchev–Trinajstić information content (AvgIpc) is 3.42. The third-order valence-corrected chi connectivity index (χ3v) is 6.07. The summed E-state index contributed by atoms with van der Waals surface area (Å²) >= 11 is 0. The fourth-order valence-corrected chi connectivity index (χ4v) is 3.89. The molecule has 190 valence electrons. The Hall–Kier alpha value is -4.46. The number of anilines is 1. The van der Waals surface area contributed by atoms with Crippen LogP contribution in [0.3, 0.4) is 0 Å². The number of nitrogens with zero attached hydrogens (tertiary/aromatic N) is 2. The first-order valence-electron chi connectivity index (χ1n) is 12.3. The largest absolute Gasteiger partial charge is 0.480 e. The van der Waals surface area contributed by atoms with Crippen LogP contribution >= 0.6 is 0 Å². The smallest absolute Gasteiger partial charge is 0.325 e. The van der Waals surface area contributed by atoms with Crippen molar-refractivity contribution in [2.45, 2.75) is 45.2 Å². The summed E-state index contributed by atoms with van der Waals surface area (Å²) in [5.74, 6) is -0.477. The van der Waals surface area contributed by atoms with E-state index in [0.29, 0.717) is 17.3 Å². The third-order valence-electron chi connectivity index (χ3n) is 6.07. The van der Waals surface area contributed by atoms with Crippen molar-refractivity contribution in [2.24, 2.45) is 0 Å². The topological polar surface area (TPSA) is 117 Å². The van der Waals surface area contributed by atoms with E-state index in [4.69, 9.17) is 9.63 Å². The van der Waals surface area contributed by atoms with Gasteiger partial charge in [-0.2, -0.15) is 4.98 Å². The summed E-state index contributed by atoms with van der Waals surface area (Å²) in [6.07, 6.45) is 3.06. The quantitative estimate of drug-likeness (QED) is 0.234. The molecule has 37 heavy (non-hydrogen) atoms. The number of amides is 1. The van der Waals surface area contributed by atoms with Crippen LogP contribution in [0.15, 0.2) is 83.4 Å². The highest BCUT2D eigenvalue weighted by atomic mass is 16.5. The predicted molar refractivity (Wildman–Crippen MR) is 142 cm³/mol. The molecule has 1 aromatic heterocycles. The number of carbonyl (C=O) groups is 2. The van der Waals surface area contributed by atoms with Gasteiger partial charge < -0.3 is 20.3 Å². The van der Waals surface area contributed by atoms with Gasteiger partial charge in [0.15, 0.2) is 0 Å². The Balaban J connectivity index is 1.46. The minimum atomic E-state index is -1.08. The number of unbranched alkanes of at least 4 members (excludes halogenated alkanes) is 1. The molecule has 8 nitrogen and oxygen atoms in total. The maximum Gasteiger partial charge on any atom is 0.325 e. The molecule has 1 heterocycles. The molecular weight excluding hydrogens is 468 g/mol. The van der Waals surface area contributed by atoms with Crippen molar-refractivity contribution in [1.29, 1.82) is 0 Å². The number of aromatic nitrogens is 2. The standard InChI is InChI=1S/C29H30N4O4/c1-3-4-10-25(31-24-17-15-22(16-18-24)27(34)30-19(2)29(35)36)20-11-13-21(14-12-20)26-32-28(37-33-26)23-8-6-5-7-9-23/h5-9,11-19,25,31H,3-4,10H2,1-2H3,(H,30,34)(H,35,36)/t19-,25?/m1/s1. The van der Waals surface area contributed by atoms with Crippen LogP contribution in [0.1, 0.15) is 55.1 Å². The first-order chi connectivity index (χ1) is 17.9. The molecule has 1 amide bonds. The normalized spacial score (nSPS) is 12.5. The van der Waals surface area contributed by atoms with Crippen LogP contribution in [0.2, 0.25) is 0 Å². The van der Waals surface area contributed by atoms with Crippen molar-refractivity contribution < 1.29 is 19.2 Å². The fraction of sp³-hybridized carbons (Fsp3) is 0.241. The molecule has 0 radical (unpaired) electrons. The molecule has 0 fully saturated rings. The Labute approximate surface area is 215 Å². The Morgan fingerprint density at radius 1 is 0.946 bits per heavy atom. The van der Waals surface area contributed by atoms with E-state index in [1.807, 2.05) is 54.6 Å². The van der Waals surface area contributed by atoms with Gasteiger partial charge in [-0.25, -0.2) is 0 Å². The lowest BCUT2D eigenvalue weighted by Gasteiger charge is -2.21. The van der Waals surface area contributed by atoms with Gasteiger partial charge in [0.25, 0.3) is 11.8 Å². The van der Waals surface area contributed by atoms with Crippen LogP contribution < -0.4 is 10.6 Å². The van der Waals surface area contributed by atoms with Crippen molar-refractivity contribution in [1.82, 2.24) is 15.5 Å². The first kappa shape index (κ1) is 25.6. The molecule has 0 spiro atoms. The number of carboxylic acids is 1. The number of aliphatic carboxylic acids is 1. The Morgan fingerprint density at radius 3 is 2.30 bits per heavy atom. The van der Waals surface area contributed by atoms with Crippen LogP contribution in [0.4, 0.5) is 5.69 Å². The van der Waals surface area contributed by atoms with E-state index in [2.05, 4.69) is 39.8 Å². The van der Waals surface area contributed by atoms with Crippen molar-refractivity contribution in [3.63, 3.8) is 0 Å².